The summed E-state index contributed by atoms with van der Waals surface area (Å²) in [5, 5.41) is 2.35. The molecule has 0 saturated heterocycles. The first kappa shape index (κ1) is 21.5. The summed E-state index contributed by atoms with van der Waals surface area (Å²) in [7, 11) is 0. The number of ether oxygens (including phenoxy) is 2. The van der Waals surface area contributed by atoms with Gasteiger partial charge in [0.1, 0.15) is 23.0 Å². The van der Waals surface area contributed by atoms with E-state index in [1.54, 1.807) is 6.08 Å². The van der Waals surface area contributed by atoms with E-state index in [0.717, 1.165) is 61.6 Å². The molecule has 0 fully saturated rings. The van der Waals surface area contributed by atoms with Gasteiger partial charge < -0.3 is 9.47 Å². The summed E-state index contributed by atoms with van der Waals surface area (Å²) < 4.78 is 13.1. The van der Waals surface area contributed by atoms with Gasteiger partial charge in [-0.3, -0.25) is 0 Å². The van der Waals surface area contributed by atoms with Crippen LogP contribution in [-0.2, 0) is 0 Å². The zero-order chi connectivity index (χ0) is 24.9. The van der Waals surface area contributed by atoms with Crippen LogP contribution in [0.3, 0.4) is 0 Å². The molecule has 0 amide bonds. The van der Waals surface area contributed by atoms with Crippen molar-refractivity contribution in [1.29, 1.82) is 0 Å². The van der Waals surface area contributed by atoms with Crippen LogP contribution in [0.5, 0.6) is 23.0 Å². The van der Waals surface area contributed by atoms with E-state index in [1.165, 1.54) is 10.8 Å². The SMILES string of the molecule is C=C/C=C(\C=C)c1cc2ccccc2cc1-c1cc2c3c(c1)Oc1ccccc1B3c1ccccc1O2. The number of rotatable bonds is 4. The molecule has 5 aromatic rings. The third-order valence-corrected chi connectivity index (χ3v) is 7.32. The Morgan fingerprint density at radius 2 is 1.22 bits per heavy atom. The van der Waals surface area contributed by atoms with Crippen molar-refractivity contribution in [2.24, 2.45) is 0 Å². The standard InChI is InChI=1S/C34H23BO2/c1-3-11-22(4-2)26-18-23-12-5-6-13-24(23)19-27(26)25-20-32-34-33(21-25)37-31-17-10-8-15-29(31)35(34)28-14-7-9-16-30(28)36-32/h3-21H,1-2H2/b22-11+. The molecule has 0 N–H and O–H groups in total. The van der Waals surface area contributed by atoms with E-state index in [1.807, 2.05) is 36.4 Å². The van der Waals surface area contributed by atoms with E-state index in [2.05, 4.69) is 86.0 Å². The summed E-state index contributed by atoms with van der Waals surface area (Å²) in [6.45, 7) is 8.06. The molecule has 0 spiro atoms. The van der Waals surface area contributed by atoms with Crippen molar-refractivity contribution in [3.05, 3.63) is 134 Å². The molecule has 0 atom stereocenters. The minimum atomic E-state index is 0.0643. The predicted molar refractivity (Wildman–Crippen MR) is 155 cm³/mol. The lowest BCUT2D eigenvalue weighted by Gasteiger charge is -2.33. The summed E-state index contributed by atoms with van der Waals surface area (Å²) in [6, 6.07) is 33.8. The Kier molecular flexibility index (Phi) is 4.90. The molecule has 7 rings (SSSR count). The molecule has 0 radical (unpaired) electrons. The average Bonchev–Trinajstić information content (AvgIpc) is 2.94. The fourth-order valence-corrected chi connectivity index (χ4v) is 5.66. The fraction of sp³-hybridized carbons (Fsp3) is 0. The summed E-state index contributed by atoms with van der Waals surface area (Å²) in [4.78, 5) is 0. The minimum absolute atomic E-state index is 0.0643. The quantitative estimate of drug-likeness (QED) is 0.202. The predicted octanol–water partition coefficient (Wildman–Crippen LogP) is 6.99. The number of benzene rings is 5. The topological polar surface area (TPSA) is 18.5 Å². The maximum Gasteiger partial charge on any atom is 0.260 e. The van der Waals surface area contributed by atoms with Crippen LogP contribution >= 0.6 is 0 Å². The number of para-hydroxylation sites is 2. The molecular formula is C34H23BO2. The van der Waals surface area contributed by atoms with Crippen molar-refractivity contribution in [3.63, 3.8) is 0 Å². The maximum atomic E-state index is 6.53. The van der Waals surface area contributed by atoms with E-state index in [-0.39, 0.29) is 6.71 Å². The molecule has 0 aliphatic carbocycles. The molecule has 3 heteroatoms. The normalized spacial score (nSPS) is 13.1. The van der Waals surface area contributed by atoms with Crippen LogP contribution in [-0.4, -0.2) is 6.71 Å². The lowest BCUT2D eigenvalue weighted by Crippen LogP contribution is -2.57. The van der Waals surface area contributed by atoms with Gasteiger partial charge in [0.05, 0.1) is 0 Å². The van der Waals surface area contributed by atoms with Gasteiger partial charge in [0.25, 0.3) is 6.71 Å². The van der Waals surface area contributed by atoms with Crippen molar-refractivity contribution in [2.45, 2.75) is 0 Å². The molecule has 0 aromatic heterocycles. The van der Waals surface area contributed by atoms with Gasteiger partial charge in [0.2, 0.25) is 0 Å². The van der Waals surface area contributed by atoms with E-state index in [4.69, 9.17) is 9.47 Å². The van der Waals surface area contributed by atoms with Crippen LogP contribution < -0.4 is 25.9 Å². The Balaban J connectivity index is 1.51. The molecular weight excluding hydrogens is 451 g/mol. The van der Waals surface area contributed by atoms with Crippen LogP contribution in [0.2, 0.25) is 0 Å². The number of hydrogen-bond acceptors (Lipinski definition) is 2. The Bertz CT molecular complexity index is 1710. The molecule has 37 heavy (non-hydrogen) atoms. The third kappa shape index (κ3) is 3.36. The zero-order valence-corrected chi connectivity index (χ0v) is 20.3. The number of fused-ring (bicyclic) bond motifs is 5. The van der Waals surface area contributed by atoms with Gasteiger partial charge in [-0.2, -0.15) is 0 Å². The Morgan fingerprint density at radius 1 is 0.649 bits per heavy atom. The molecule has 0 bridgehead atoms. The minimum Gasteiger partial charge on any atom is -0.458 e. The zero-order valence-electron chi connectivity index (χ0n) is 20.3. The molecule has 2 aliphatic rings. The monoisotopic (exact) mass is 474 g/mol. The van der Waals surface area contributed by atoms with Gasteiger partial charge >= 0.3 is 0 Å². The molecule has 174 valence electrons. The van der Waals surface area contributed by atoms with Crippen molar-refractivity contribution >= 4 is 39.4 Å². The van der Waals surface area contributed by atoms with E-state index < -0.39 is 0 Å². The second-order valence-electron chi connectivity index (χ2n) is 9.41. The lowest BCUT2D eigenvalue weighted by atomic mass is 9.35. The van der Waals surface area contributed by atoms with Crippen molar-refractivity contribution in [2.75, 3.05) is 0 Å². The molecule has 5 aromatic carbocycles. The van der Waals surface area contributed by atoms with Gasteiger partial charge in [-0.1, -0.05) is 92.0 Å². The highest BCUT2D eigenvalue weighted by atomic mass is 16.5. The Hall–Kier alpha value is -4.76. The van der Waals surface area contributed by atoms with Gasteiger partial charge in [0, 0.05) is 5.46 Å². The summed E-state index contributed by atoms with van der Waals surface area (Å²) in [5.41, 5.74) is 7.62. The van der Waals surface area contributed by atoms with Crippen LogP contribution in [0.1, 0.15) is 5.56 Å². The van der Waals surface area contributed by atoms with Crippen LogP contribution in [0.15, 0.2) is 128 Å². The third-order valence-electron chi connectivity index (χ3n) is 7.32. The molecule has 0 unspecified atom stereocenters. The summed E-state index contributed by atoms with van der Waals surface area (Å²) >= 11 is 0. The molecule has 2 nitrogen and oxygen atoms in total. The van der Waals surface area contributed by atoms with Crippen molar-refractivity contribution in [3.8, 4) is 34.1 Å². The number of allylic oxidation sites excluding steroid dienone is 4. The van der Waals surface area contributed by atoms with E-state index in [0.29, 0.717) is 0 Å². The van der Waals surface area contributed by atoms with Gasteiger partial charge in [-0.05, 0) is 80.4 Å². The van der Waals surface area contributed by atoms with Crippen LogP contribution in [0, 0.1) is 0 Å². The fourth-order valence-electron chi connectivity index (χ4n) is 5.66. The van der Waals surface area contributed by atoms with Crippen molar-refractivity contribution < 1.29 is 9.47 Å². The Morgan fingerprint density at radius 3 is 1.81 bits per heavy atom. The highest BCUT2D eigenvalue weighted by molar-refractivity contribution is 6.98. The summed E-state index contributed by atoms with van der Waals surface area (Å²) in [5.74, 6) is 3.43. The van der Waals surface area contributed by atoms with E-state index >= 15 is 0 Å². The maximum absolute atomic E-state index is 6.53. The first-order valence-electron chi connectivity index (χ1n) is 12.5. The highest BCUT2D eigenvalue weighted by Gasteiger charge is 2.40. The van der Waals surface area contributed by atoms with Crippen LogP contribution in [0.25, 0.3) is 27.5 Å². The highest BCUT2D eigenvalue weighted by Crippen LogP contribution is 2.41. The first-order valence-corrected chi connectivity index (χ1v) is 12.5. The smallest absolute Gasteiger partial charge is 0.260 e. The first-order chi connectivity index (χ1) is 18.2. The number of hydrogen-bond donors (Lipinski definition) is 0. The lowest BCUT2D eigenvalue weighted by molar-refractivity contribution is 0.465. The average molecular weight is 474 g/mol. The summed E-state index contributed by atoms with van der Waals surface area (Å²) in [6.07, 6.45) is 5.68. The molecule has 2 aliphatic heterocycles. The molecule has 0 saturated carbocycles. The van der Waals surface area contributed by atoms with Gasteiger partial charge in [-0.15, -0.1) is 0 Å². The van der Waals surface area contributed by atoms with E-state index in [9.17, 15) is 0 Å². The van der Waals surface area contributed by atoms with Gasteiger partial charge in [-0.25, -0.2) is 0 Å². The second kappa shape index (κ2) is 8.42. The molecule has 2 heterocycles. The largest absolute Gasteiger partial charge is 0.458 e. The van der Waals surface area contributed by atoms with Crippen molar-refractivity contribution in [1.82, 2.24) is 0 Å². The second-order valence-corrected chi connectivity index (χ2v) is 9.41. The Labute approximate surface area is 216 Å². The van der Waals surface area contributed by atoms with Crippen LogP contribution in [0.4, 0.5) is 0 Å². The van der Waals surface area contributed by atoms with Gasteiger partial charge in [0.15, 0.2) is 0 Å².